The van der Waals surface area contributed by atoms with E-state index in [0.29, 0.717) is 12.1 Å². The molecule has 4 heteroatoms. The van der Waals surface area contributed by atoms with Gasteiger partial charge in [-0.15, -0.1) is 0 Å². The van der Waals surface area contributed by atoms with Gasteiger partial charge in [-0.2, -0.15) is 0 Å². The van der Waals surface area contributed by atoms with Gasteiger partial charge in [-0.25, -0.2) is 0 Å². The molecule has 2 bridgehead atoms. The van der Waals surface area contributed by atoms with Crippen LogP contribution in [0.4, 0.5) is 0 Å². The molecule has 0 aliphatic carbocycles. The lowest BCUT2D eigenvalue weighted by Crippen LogP contribution is -2.48. The van der Waals surface area contributed by atoms with E-state index in [9.17, 15) is 0 Å². The van der Waals surface area contributed by atoms with Crippen molar-refractivity contribution < 1.29 is 0 Å². The molecule has 0 amide bonds. The van der Waals surface area contributed by atoms with Crippen molar-refractivity contribution in [1.82, 2.24) is 10.6 Å². The van der Waals surface area contributed by atoms with Gasteiger partial charge in [0.15, 0.2) is 0 Å². The molecule has 0 aromatic carbocycles. The van der Waals surface area contributed by atoms with Crippen molar-refractivity contribution in [3.63, 3.8) is 0 Å². The SMILES string of the molecule is C1=CN=CC2CCCC(CNCC=N1)N2. The van der Waals surface area contributed by atoms with Gasteiger partial charge < -0.3 is 10.6 Å². The molecule has 2 unspecified atom stereocenters. The highest BCUT2D eigenvalue weighted by Gasteiger charge is 2.18. The molecule has 2 rings (SSSR count). The van der Waals surface area contributed by atoms with Crippen molar-refractivity contribution in [2.24, 2.45) is 9.98 Å². The molecule has 4 nitrogen and oxygen atoms in total. The fourth-order valence-electron chi connectivity index (χ4n) is 2.00. The third-order valence-electron chi connectivity index (χ3n) is 2.75. The summed E-state index contributed by atoms with van der Waals surface area (Å²) in [4.78, 5) is 8.32. The van der Waals surface area contributed by atoms with Gasteiger partial charge in [0.1, 0.15) is 0 Å². The van der Waals surface area contributed by atoms with E-state index in [1.54, 1.807) is 12.4 Å². The summed E-state index contributed by atoms with van der Waals surface area (Å²) < 4.78 is 0. The van der Waals surface area contributed by atoms with Gasteiger partial charge in [-0.1, -0.05) is 0 Å². The Kier molecular flexibility index (Phi) is 4.05. The van der Waals surface area contributed by atoms with Crippen LogP contribution in [0, 0.1) is 0 Å². The minimum Gasteiger partial charge on any atom is -0.310 e. The maximum Gasteiger partial charge on any atom is 0.0447 e. The summed E-state index contributed by atoms with van der Waals surface area (Å²) in [5.41, 5.74) is 0. The van der Waals surface area contributed by atoms with E-state index in [0.717, 1.165) is 13.1 Å². The summed E-state index contributed by atoms with van der Waals surface area (Å²) in [6.07, 6.45) is 11.0. The van der Waals surface area contributed by atoms with Crippen molar-refractivity contribution in [2.75, 3.05) is 13.1 Å². The summed E-state index contributed by atoms with van der Waals surface area (Å²) in [5.74, 6) is 0. The molecular weight excluding hydrogens is 188 g/mol. The second kappa shape index (κ2) is 5.78. The molecule has 1 fully saturated rings. The van der Waals surface area contributed by atoms with E-state index in [-0.39, 0.29) is 0 Å². The first-order valence-electron chi connectivity index (χ1n) is 5.62. The van der Waals surface area contributed by atoms with E-state index in [2.05, 4.69) is 20.6 Å². The van der Waals surface area contributed by atoms with E-state index < -0.39 is 0 Å². The summed E-state index contributed by atoms with van der Waals surface area (Å²) in [6.45, 7) is 1.84. The van der Waals surface area contributed by atoms with Gasteiger partial charge in [0.2, 0.25) is 0 Å². The largest absolute Gasteiger partial charge is 0.310 e. The first-order valence-corrected chi connectivity index (χ1v) is 5.62. The number of hydrogen-bond donors (Lipinski definition) is 2. The Hall–Kier alpha value is -1.00. The minimum absolute atomic E-state index is 0.429. The quantitative estimate of drug-likeness (QED) is 0.613. The topological polar surface area (TPSA) is 48.8 Å². The highest BCUT2D eigenvalue weighted by molar-refractivity contribution is 5.65. The van der Waals surface area contributed by atoms with Crippen molar-refractivity contribution in [1.29, 1.82) is 0 Å². The second-order valence-corrected chi connectivity index (χ2v) is 3.99. The zero-order valence-corrected chi connectivity index (χ0v) is 8.89. The standard InChI is InChI=1S/C11H18N4/c1-2-10-8-13-6-4-12-5-7-14-9-11(3-1)15-10/h4-6,8,10-11,14-15H,1-3,7,9H2. The normalized spacial score (nSPS) is 32.0. The molecule has 2 aliphatic heterocycles. The minimum atomic E-state index is 0.429. The zero-order valence-electron chi connectivity index (χ0n) is 8.89. The number of nitrogens with one attached hydrogen (secondary N) is 2. The maximum absolute atomic E-state index is 4.22. The van der Waals surface area contributed by atoms with E-state index >= 15 is 0 Å². The number of aliphatic imine (C=N–C) groups is 2. The van der Waals surface area contributed by atoms with Crippen LogP contribution in [-0.4, -0.2) is 37.6 Å². The van der Waals surface area contributed by atoms with E-state index in [4.69, 9.17) is 0 Å². The molecule has 15 heavy (non-hydrogen) atoms. The average molecular weight is 206 g/mol. The molecule has 0 saturated carbocycles. The van der Waals surface area contributed by atoms with Gasteiger partial charge >= 0.3 is 0 Å². The van der Waals surface area contributed by atoms with Crippen molar-refractivity contribution in [3.05, 3.63) is 12.4 Å². The Morgan fingerprint density at radius 3 is 3.07 bits per heavy atom. The maximum atomic E-state index is 4.22. The smallest absolute Gasteiger partial charge is 0.0447 e. The van der Waals surface area contributed by atoms with Crippen LogP contribution in [-0.2, 0) is 0 Å². The van der Waals surface area contributed by atoms with E-state index in [1.165, 1.54) is 19.3 Å². The molecule has 1 saturated heterocycles. The summed E-state index contributed by atoms with van der Waals surface area (Å²) >= 11 is 0. The first-order chi connectivity index (χ1) is 7.45. The number of rotatable bonds is 0. The van der Waals surface area contributed by atoms with Crippen molar-refractivity contribution >= 4 is 12.4 Å². The second-order valence-electron chi connectivity index (χ2n) is 3.99. The molecule has 0 radical (unpaired) electrons. The van der Waals surface area contributed by atoms with Gasteiger partial charge in [-0.05, 0) is 19.3 Å². The Morgan fingerprint density at radius 1 is 1.13 bits per heavy atom. The van der Waals surface area contributed by atoms with Crippen LogP contribution >= 0.6 is 0 Å². The van der Waals surface area contributed by atoms with Crippen molar-refractivity contribution in [3.8, 4) is 0 Å². The Labute approximate surface area is 90.6 Å². The molecule has 2 heterocycles. The predicted molar refractivity (Wildman–Crippen MR) is 63.6 cm³/mol. The fraction of sp³-hybridized carbons (Fsp3) is 0.636. The molecule has 0 aromatic rings. The Balaban J connectivity index is 1.99. The predicted octanol–water partition coefficient (Wildman–Crippen LogP) is 0.713. The lowest BCUT2D eigenvalue weighted by Gasteiger charge is -2.29. The van der Waals surface area contributed by atoms with Crippen LogP contribution in [0.1, 0.15) is 19.3 Å². The van der Waals surface area contributed by atoms with Crippen LogP contribution in [0.5, 0.6) is 0 Å². The first kappa shape index (κ1) is 10.5. The Bertz CT molecular complexity index is 270. The third-order valence-corrected chi connectivity index (χ3v) is 2.75. The van der Waals surface area contributed by atoms with Crippen LogP contribution in [0.3, 0.4) is 0 Å². The molecule has 82 valence electrons. The van der Waals surface area contributed by atoms with Crippen LogP contribution < -0.4 is 10.6 Å². The van der Waals surface area contributed by atoms with Gasteiger partial charge in [0.25, 0.3) is 0 Å². The fourth-order valence-corrected chi connectivity index (χ4v) is 2.00. The van der Waals surface area contributed by atoms with Gasteiger partial charge in [0, 0.05) is 50.0 Å². The number of nitrogens with zero attached hydrogens (tertiary/aromatic N) is 2. The number of piperidine rings is 1. The zero-order chi connectivity index (χ0) is 10.3. The summed E-state index contributed by atoms with van der Waals surface area (Å²) in [6, 6.07) is 1.01. The highest BCUT2D eigenvalue weighted by Crippen LogP contribution is 2.11. The lowest BCUT2D eigenvalue weighted by molar-refractivity contribution is 0.361. The number of fused-ring (bicyclic) bond motifs is 2. The average Bonchev–Trinajstić information content (AvgIpc) is 2.26. The van der Waals surface area contributed by atoms with Crippen LogP contribution in [0.25, 0.3) is 0 Å². The molecule has 2 aliphatic rings. The monoisotopic (exact) mass is 206 g/mol. The molecule has 2 N–H and O–H groups in total. The van der Waals surface area contributed by atoms with Gasteiger partial charge in [0.05, 0.1) is 0 Å². The van der Waals surface area contributed by atoms with E-state index in [1.807, 2.05) is 12.4 Å². The molecular formula is C11H18N4. The lowest BCUT2D eigenvalue weighted by atomic mass is 9.99. The summed E-state index contributed by atoms with van der Waals surface area (Å²) in [7, 11) is 0. The molecule has 0 spiro atoms. The Morgan fingerprint density at radius 2 is 2.07 bits per heavy atom. The van der Waals surface area contributed by atoms with Crippen molar-refractivity contribution in [2.45, 2.75) is 31.3 Å². The summed E-state index contributed by atoms with van der Waals surface area (Å²) in [5, 5.41) is 6.95. The van der Waals surface area contributed by atoms with Crippen LogP contribution in [0.15, 0.2) is 22.4 Å². The van der Waals surface area contributed by atoms with Gasteiger partial charge in [-0.3, -0.25) is 9.98 Å². The molecule has 0 aromatic heterocycles. The highest BCUT2D eigenvalue weighted by atomic mass is 15.0. The number of hydrogen-bond acceptors (Lipinski definition) is 4. The van der Waals surface area contributed by atoms with Crippen LogP contribution in [0.2, 0.25) is 0 Å². The third kappa shape index (κ3) is 3.57. The molecule has 2 atom stereocenters.